The highest BCUT2D eigenvalue weighted by atomic mass is 35.5. The summed E-state index contributed by atoms with van der Waals surface area (Å²) in [6.07, 6.45) is 0. The Morgan fingerprint density at radius 2 is 1.31 bits per heavy atom. The molecule has 0 heterocycles. The Morgan fingerprint density at radius 1 is 1.00 bits per heavy atom. The third kappa shape index (κ3) is 56.8. The molecule has 0 bridgehead atoms. The van der Waals surface area contributed by atoms with Crippen LogP contribution in [0.1, 0.15) is 27.7 Å². The maximum absolute atomic E-state index is 6.50. The standard InChI is InChI=1S/C4H10N4.C3H7N.ClH/c1-3(2)7-8-4(5)6;1-3(2)4;/h1-2H3,(H4,5,6,8);4H,1-2H3;1H. The summed E-state index contributed by atoms with van der Waals surface area (Å²) in [5.74, 6) is -0.00815. The molecule has 0 saturated heterocycles. The van der Waals surface area contributed by atoms with E-state index in [4.69, 9.17) is 16.9 Å². The highest BCUT2D eigenvalue weighted by Crippen LogP contribution is 1.73. The van der Waals surface area contributed by atoms with Gasteiger partial charge in [0.15, 0.2) is 0 Å². The molecule has 5 N–H and O–H groups in total. The van der Waals surface area contributed by atoms with Crippen LogP contribution in [0, 0.1) is 5.41 Å². The van der Waals surface area contributed by atoms with Crippen LogP contribution in [0.2, 0.25) is 0 Å². The minimum absolute atomic E-state index is 0. The molecule has 0 aromatic rings. The summed E-state index contributed by atoms with van der Waals surface area (Å²) >= 11 is 0. The number of hydrogen-bond donors (Lipinski definition) is 3. The molecule has 0 fully saturated rings. The zero-order valence-corrected chi connectivity index (χ0v) is 9.27. The Labute approximate surface area is 85.2 Å². The fraction of sp³-hybridized carbons (Fsp3) is 0.571. The van der Waals surface area contributed by atoms with Gasteiger partial charge < -0.3 is 16.9 Å². The molecule has 0 spiro atoms. The van der Waals surface area contributed by atoms with Crippen LogP contribution in [0.3, 0.4) is 0 Å². The van der Waals surface area contributed by atoms with Crippen molar-refractivity contribution in [3.05, 3.63) is 0 Å². The van der Waals surface area contributed by atoms with Gasteiger partial charge in [0.1, 0.15) is 0 Å². The summed E-state index contributed by atoms with van der Waals surface area (Å²) in [7, 11) is 0. The lowest BCUT2D eigenvalue weighted by molar-refractivity contribution is 1.19. The first kappa shape index (κ1) is 17.8. The van der Waals surface area contributed by atoms with E-state index in [1.165, 1.54) is 0 Å². The fourth-order valence-electron chi connectivity index (χ4n) is 0.158. The molecule has 0 amide bonds. The first-order valence-corrected chi connectivity index (χ1v) is 3.47. The number of rotatable bonds is 1. The quantitative estimate of drug-likeness (QED) is 0.341. The largest absolute Gasteiger partial charge is 0.369 e. The second-order valence-electron chi connectivity index (χ2n) is 2.57. The van der Waals surface area contributed by atoms with Crippen LogP contribution >= 0.6 is 12.4 Å². The minimum Gasteiger partial charge on any atom is -0.369 e. The number of hydrogen-bond acceptors (Lipinski definition) is 3. The molecule has 78 valence electrons. The summed E-state index contributed by atoms with van der Waals surface area (Å²) in [6, 6.07) is 0. The van der Waals surface area contributed by atoms with Crippen molar-refractivity contribution >= 4 is 29.8 Å². The zero-order chi connectivity index (χ0) is 10.1. The van der Waals surface area contributed by atoms with E-state index in [0.29, 0.717) is 5.71 Å². The smallest absolute Gasteiger partial charge is 0.211 e. The second-order valence-corrected chi connectivity index (χ2v) is 2.57. The lowest BCUT2D eigenvalue weighted by Crippen LogP contribution is -2.21. The van der Waals surface area contributed by atoms with Crippen LogP contribution < -0.4 is 11.5 Å². The summed E-state index contributed by atoms with van der Waals surface area (Å²) in [4.78, 5) is 0. The number of nitrogens with two attached hydrogens (primary N) is 2. The molecule has 0 radical (unpaired) electrons. The average molecular weight is 208 g/mol. The van der Waals surface area contributed by atoms with Crippen LogP contribution in [0.15, 0.2) is 10.2 Å². The lowest BCUT2D eigenvalue weighted by atomic mass is 10.5. The van der Waals surface area contributed by atoms with E-state index in [2.05, 4.69) is 10.2 Å². The van der Waals surface area contributed by atoms with Crippen LogP contribution in [-0.4, -0.2) is 17.4 Å². The highest BCUT2D eigenvalue weighted by Gasteiger charge is 1.74. The van der Waals surface area contributed by atoms with Gasteiger partial charge in [-0.2, -0.15) is 5.10 Å². The predicted molar refractivity (Wildman–Crippen MR) is 60.9 cm³/mol. The van der Waals surface area contributed by atoms with Crippen molar-refractivity contribution < 1.29 is 0 Å². The summed E-state index contributed by atoms with van der Waals surface area (Å²) in [6.45, 7) is 7.12. The van der Waals surface area contributed by atoms with Crippen LogP contribution in [0.5, 0.6) is 0 Å². The topological polar surface area (TPSA) is 101 Å². The van der Waals surface area contributed by atoms with E-state index < -0.39 is 0 Å². The van der Waals surface area contributed by atoms with Gasteiger partial charge >= 0.3 is 0 Å². The van der Waals surface area contributed by atoms with Gasteiger partial charge in [0.05, 0.1) is 0 Å². The first-order chi connectivity index (χ1) is 5.36. The molecule has 0 saturated carbocycles. The Kier molecular flexibility index (Phi) is 15.0. The molecule has 0 atom stereocenters. The van der Waals surface area contributed by atoms with Crippen molar-refractivity contribution in [1.82, 2.24) is 0 Å². The van der Waals surface area contributed by atoms with E-state index in [-0.39, 0.29) is 18.4 Å². The molecule has 0 aromatic heterocycles. The number of halogens is 1. The van der Waals surface area contributed by atoms with Crippen molar-refractivity contribution in [2.75, 3.05) is 0 Å². The third-order valence-corrected chi connectivity index (χ3v) is 0.365. The highest BCUT2D eigenvalue weighted by molar-refractivity contribution is 5.85. The van der Waals surface area contributed by atoms with Crippen molar-refractivity contribution in [3.8, 4) is 0 Å². The summed E-state index contributed by atoms with van der Waals surface area (Å²) < 4.78 is 0. The SMILES string of the molecule is CC(C)=N.CC(C)=NN=C(N)N.Cl. The Morgan fingerprint density at radius 3 is 1.38 bits per heavy atom. The lowest BCUT2D eigenvalue weighted by Gasteiger charge is -1.83. The van der Waals surface area contributed by atoms with Gasteiger partial charge in [-0.25, -0.2) is 0 Å². The van der Waals surface area contributed by atoms with Gasteiger partial charge in [-0.05, 0) is 27.7 Å². The molecular formula is C7H18ClN5. The molecule has 0 aliphatic carbocycles. The van der Waals surface area contributed by atoms with Gasteiger partial charge in [0, 0.05) is 11.4 Å². The maximum atomic E-state index is 6.50. The predicted octanol–water partition coefficient (Wildman–Crippen LogP) is 1.12. The van der Waals surface area contributed by atoms with Gasteiger partial charge in [-0.15, -0.1) is 17.5 Å². The van der Waals surface area contributed by atoms with Crippen molar-refractivity contribution in [2.24, 2.45) is 21.7 Å². The monoisotopic (exact) mass is 207 g/mol. The maximum Gasteiger partial charge on any atom is 0.211 e. The molecule has 0 aliphatic heterocycles. The molecule has 5 nitrogen and oxygen atoms in total. The Hall–Kier alpha value is -1.10. The molecular weight excluding hydrogens is 190 g/mol. The normalized spacial score (nSPS) is 6.77. The van der Waals surface area contributed by atoms with E-state index in [1.807, 2.05) is 13.8 Å². The van der Waals surface area contributed by atoms with E-state index in [1.54, 1.807) is 13.8 Å². The summed E-state index contributed by atoms with van der Waals surface area (Å²) in [5, 5.41) is 13.5. The van der Waals surface area contributed by atoms with Gasteiger partial charge in [0.2, 0.25) is 5.96 Å². The van der Waals surface area contributed by atoms with Gasteiger partial charge in [0.25, 0.3) is 0 Å². The third-order valence-electron chi connectivity index (χ3n) is 0.365. The van der Waals surface area contributed by atoms with E-state index in [0.717, 1.165) is 5.71 Å². The molecule has 0 aromatic carbocycles. The number of guanidine groups is 1. The van der Waals surface area contributed by atoms with Crippen LogP contribution in [0.25, 0.3) is 0 Å². The zero-order valence-electron chi connectivity index (χ0n) is 8.46. The molecule has 6 heteroatoms. The van der Waals surface area contributed by atoms with E-state index >= 15 is 0 Å². The van der Waals surface area contributed by atoms with Crippen LogP contribution in [-0.2, 0) is 0 Å². The Balaban J connectivity index is -0.000000173. The number of nitrogens with zero attached hydrogens (tertiary/aromatic N) is 2. The number of nitrogens with one attached hydrogen (secondary N) is 1. The fourth-order valence-corrected chi connectivity index (χ4v) is 0.158. The minimum atomic E-state index is -0.00815. The molecule has 0 aliphatic rings. The summed E-state index contributed by atoms with van der Waals surface area (Å²) in [5.41, 5.74) is 11.4. The average Bonchev–Trinajstić information content (AvgIpc) is 1.82. The van der Waals surface area contributed by atoms with Crippen molar-refractivity contribution in [2.45, 2.75) is 27.7 Å². The van der Waals surface area contributed by atoms with Crippen LogP contribution in [0.4, 0.5) is 0 Å². The molecule has 0 rings (SSSR count). The van der Waals surface area contributed by atoms with Gasteiger partial charge in [-0.3, -0.25) is 0 Å². The van der Waals surface area contributed by atoms with Crippen molar-refractivity contribution in [3.63, 3.8) is 0 Å². The molecule has 13 heavy (non-hydrogen) atoms. The van der Waals surface area contributed by atoms with Gasteiger partial charge in [-0.1, -0.05) is 0 Å². The molecule has 0 unspecified atom stereocenters. The first-order valence-electron chi connectivity index (χ1n) is 3.47. The second kappa shape index (κ2) is 10.9. The van der Waals surface area contributed by atoms with E-state index in [9.17, 15) is 0 Å². The Bertz CT molecular complexity index is 169. The van der Waals surface area contributed by atoms with Crippen molar-refractivity contribution in [1.29, 1.82) is 5.41 Å².